The van der Waals surface area contributed by atoms with Crippen LogP contribution in [0.15, 0.2) is 48.8 Å². The number of benzene rings is 1. The number of anilines is 1. The fraction of sp³-hybridized carbons (Fsp3) is 0.167. The summed E-state index contributed by atoms with van der Waals surface area (Å²) in [5.74, 6) is 0.526. The third-order valence-corrected chi connectivity index (χ3v) is 3.84. The van der Waals surface area contributed by atoms with E-state index in [1.165, 1.54) is 0 Å². The highest BCUT2D eigenvalue weighted by Crippen LogP contribution is 2.21. The number of nitrogens with zero attached hydrogens (tertiary/aromatic N) is 3. The Kier molecular flexibility index (Phi) is 3.93. The molecule has 3 rings (SSSR count). The first-order chi connectivity index (χ1) is 11.1. The monoisotopic (exact) mass is 306 g/mol. The van der Waals surface area contributed by atoms with E-state index in [0.717, 1.165) is 22.5 Å². The molecule has 3 aromatic rings. The predicted molar refractivity (Wildman–Crippen MR) is 90.0 cm³/mol. The maximum absolute atomic E-state index is 12.6. The molecule has 116 valence electrons. The Morgan fingerprint density at radius 2 is 1.78 bits per heavy atom. The van der Waals surface area contributed by atoms with Gasteiger partial charge >= 0.3 is 0 Å². The van der Waals surface area contributed by atoms with Gasteiger partial charge < -0.3 is 5.32 Å². The van der Waals surface area contributed by atoms with Crippen LogP contribution in [0.4, 0.5) is 5.69 Å². The summed E-state index contributed by atoms with van der Waals surface area (Å²) >= 11 is 0. The van der Waals surface area contributed by atoms with Gasteiger partial charge in [-0.1, -0.05) is 24.3 Å². The van der Waals surface area contributed by atoms with Crippen molar-refractivity contribution in [3.8, 4) is 5.82 Å². The van der Waals surface area contributed by atoms with Crippen LogP contribution in [0.25, 0.3) is 5.82 Å². The van der Waals surface area contributed by atoms with E-state index in [2.05, 4.69) is 15.4 Å². The average molecular weight is 306 g/mol. The second kappa shape index (κ2) is 6.04. The smallest absolute Gasteiger partial charge is 0.259 e. The lowest BCUT2D eigenvalue weighted by atomic mass is 10.1. The summed E-state index contributed by atoms with van der Waals surface area (Å²) in [5.41, 5.74) is 4.22. The molecule has 0 spiro atoms. The largest absolute Gasteiger partial charge is 0.321 e. The van der Waals surface area contributed by atoms with Crippen LogP contribution in [-0.2, 0) is 0 Å². The normalized spacial score (nSPS) is 10.6. The van der Waals surface area contributed by atoms with Crippen LogP contribution in [0.3, 0.4) is 0 Å². The number of pyridine rings is 1. The van der Waals surface area contributed by atoms with Gasteiger partial charge in [-0.25, -0.2) is 9.67 Å². The molecule has 2 aromatic heterocycles. The van der Waals surface area contributed by atoms with E-state index in [1.807, 2.05) is 57.2 Å². The number of para-hydroxylation sites is 1. The maximum atomic E-state index is 12.6. The third kappa shape index (κ3) is 2.85. The molecule has 1 N–H and O–H groups in total. The minimum atomic E-state index is -0.165. The first-order valence-corrected chi connectivity index (χ1v) is 7.41. The highest BCUT2D eigenvalue weighted by Gasteiger charge is 2.17. The van der Waals surface area contributed by atoms with Crippen LogP contribution >= 0.6 is 0 Å². The van der Waals surface area contributed by atoms with Crippen LogP contribution < -0.4 is 5.32 Å². The zero-order valence-corrected chi connectivity index (χ0v) is 13.4. The number of hydrogen-bond donors (Lipinski definition) is 1. The zero-order valence-electron chi connectivity index (χ0n) is 13.4. The molecule has 0 bridgehead atoms. The number of carbonyl (C=O) groups excluding carboxylic acids is 1. The zero-order chi connectivity index (χ0) is 16.4. The first kappa shape index (κ1) is 15.0. The van der Waals surface area contributed by atoms with Crippen LogP contribution in [0.5, 0.6) is 0 Å². The molecular formula is C18H18N4O. The molecule has 0 aliphatic carbocycles. The van der Waals surface area contributed by atoms with Crippen molar-refractivity contribution in [2.45, 2.75) is 20.8 Å². The van der Waals surface area contributed by atoms with Gasteiger partial charge in [-0.05, 0) is 44.0 Å². The van der Waals surface area contributed by atoms with E-state index in [4.69, 9.17) is 0 Å². The first-order valence-electron chi connectivity index (χ1n) is 7.41. The molecule has 0 fully saturated rings. The highest BCUT2D eigenvalue weighted by molar-refractivity contribution is 6.05. The fourth-order valence-electron chi connectivity index (χ4n) is 2.54. The Hall–Kier alpha value is -2.95. The summed E-state index contributed by atoms with van der Waals surface area (Å²) in [6.07, 6.45) is 3.28. The minimum Gasteiger partial charge on any atom is -0.321 e. The van der Waals surface area contributed by atoms with E-state index in [-0.39, 0.29) is 5.91 Å². The van der Waals surface area contributed by atoms with Crippen molar-refractivity contribution in [1.29, 1.82) is 0 Å². The van der Waals surface area contributed by atoms with Crippen molar-refractivity contribution in [2.75, 3.05) is 5.32 Å². The second-order valence-corrected chi connectivity index (χ2v) is 5.46. The quantitative estimate of drug-likeness (QED) is 0.806. The SMILES string of the molecule is Cc1cccc(C)c1NC(=O)c1cnn(-c2ccccn2)c1C. The molecule has 2 heterocycles. The van der Waals surface area contributed by atoms with Gasteiger partial charge in [0, 0.05) is 11.9 Å². The van der Waals surface area contributed by atoms with Crippen molar-refractivity contribution < 1.29 is 4.79 Å². The van der Waals surface area contributed by atoms with E-state index in [9.17, 15) is 4.79 Å². The molecule has 1 amide bonds. The van der Waals surface area contributed by atoms with Crippen LogP contribution in [-0.4, -0.2) is 20.7 Å². The molecule has 0 unspecified atom stereocenters. The Morgan fingerprint density at radius 1 is 1.04 bits per heavy atom. The summed E-state index contributed by atoms with van der Waals surface area (Å²) < 4.78 is 1.67. The van der Waals surface area contributed by atoms with Crippen LogP contribution in [0.1, 0.15) is 27.2 Å². The Morgan fingerprint density at radius 3 is 2.43 bits per heavy atom. The summed E-state index contributed by atoms with van der Waals surface area (Å²) in [4.78, 5) is 16.9. The Bertz CT molecular complexity index is 832. The van der Waals surface area contributed by atoms with Gasteiger partial charge in [0.25, 0.3) is 5.91 Å². The number of aromatic nitrogens is 3. The fourth-order valence-corrected chi connectivity index (χ4v) is 2.54. The topological polar surface area (TPSA) is 59.8 Å². The van der Waals surface area contributed by atoms with Gasteiger partial charge in [-0.2, -0.15) is 5.10 Å². The van der Waals surface area contributed by atoms with Gasteiger partial charge in [0.2, 0.25) is 0 Å². The number of aryl methyl sites for hydroxylation is 2. The molecule has 0 atom stereocenters. The lowest BCUT2D eigenvalue weighted by Gasteiger charge is -2.11. The van der Waals surface area contributed by atoms with Gasteiger partial charge in [0.1, 0.15) is 0 Å². The van der Waals surface area contributed by atoms with Crippen molar-refractivity contribution in [2.24, 2.45) is 0 Å². The summed E-state index contributed by atoms with van der Waals surface area (Å²) in [5, 5.41) is 7.27. The standard InChI is InChI=1S/C18H18N4O/c1-12-7-6-8-13(2)17(12)21-18(23)15-11-20-22(14(15)3)16-9-4-5-10-19-16/h4-11H,1-3H3,(H,21,23). The molecule has 0 aliphatic heterocycles. The van der Waals surface area contributed by atoms with Gasteiger partial charge in [0.15, 0.2) is 5.82 Å². The number of hydrogen-bond acceptors (Lipinski definition) is 3. The summed E-state index contributed by atoms with van der Waals surface area (Å²) in [7, 11) is 0. The van der Waals surface area contributed by atoms with Crippen LogP contribution in [0, 0.1) is 20.8 Å². The van der Waals surface area contributed by atoms with E-state index in [0.29, 0.717) is 11.4 Å². The number of amides is 1. The van der Waals surface area contributed by atoms with E-state index in [1.54, 1.807) is 17.1 Å². The van der Waals surface area contributed by atoms with Crippen molar-refractivity contribution >= 4 is 11.6 Å². The van der Waals surface area contributed by atoms with Crippen molar-refractivity contribution in [3.05, 3.63) is 71.2 Å². The number of carbonyl (C=O) groups is 1. The molecule has 0 saturated carbocycles. The molecule has 0 radical (unpaired) electrons. The Balaban J connectivity index is 1.91. The molecule has 5 nitrogen and oxygen atoms in total. The minimum absolute atomic E-state index is 0.165. The van der Waals surface area contributed by atoms with Gasteiger partial charge in [-0.3, -0.25) is 4.79 Å². The third-order valence-electron chi connectivity index (χ3n) is 3.84. The summed E-state index contributed by atoms with van der Waals surface area (Å²) in [6.45, 7) is 5.82. The molecule has 0 aliphatic rings. The lowest BCUT2D eigenvalue weighted by Crippen LogP contribution is -2.15. The average Bonchev–Trinajstić information content (AvgIpc) is 2.93. The molecule has 5 heteroatoms. The summed E-state index contributed by atoms with van der Waals surface area (Å²) in [6, 6.07) is 11.5. The van der Waals surface area contributed by atoms with Crippen LogP contribution in [0.2, 0.25) is 0 Å². The van der Waals surface area contributed by atoms with Gasteiger partial charge in [0.05, 0.1) is 17.5 Å². The number of nitrogens with one attached hydrogen (secondary N) is 1. The number of rotatable bonds is 3. The molecule has 0 saturated heterocycles. The second-order valence-electron chi connectivity index (χ2n) is 5.46. The van der Waals surface area contributed by atoms with Gasteiger partial charge in [-0.15, -0.1) is 0 Å². The highest BCUT2D eigenvalue weighted by atomic mass is 16.1. The van der Waals surface area contributed by atoms with Crippen molar-refractivity contribution in [1.82, 2.24) is 14.8 Å². The lowest BCUT2D eigenvalue weighted by molar-refractivity contribution is 0.102. The molecule has 23 heavy (non-hydrogen) atoms. The Labute approximate surface area is 135 Å². The van der Waals surface area contributed by atoms with E-state index < -0.39 is 0 Å². The molecular weight excluding hydrogens is 288 g/mol. The van der Waals surface area contributed by atoms with Crippen molar-refractivity contribution in [3.63, 3.8) is 0 Å². The van der Waals surface area contributed by atoms with E-state index >= 15 is 0 Å². The predicted octanol–water partition coefficient (Wildman–Crippen LogP) is 3.44. The molecule has 1 aromatic carbocycles. The maximum Gasteiger partial charge on any atom is 0.259 e.